The third-order valence-corrected chi connectivity index (χ3v) is 5.05. The number of primary amides is 1. The quantitative estimate of drug-likeness (QED) is 0.908. The highest BCUT2D eigenvalue weighted by Crippen LogP contribution is 2.28. The molecule has 0 aliphatic carbocycles. The number of piperidine rings is 1. The second-order valence-electron chi connectivity index (χ2n) is 5.63. The summed E-state index contributed by atoms with van der Waals surface area (Å²) in [5.74, 6) is 0.553. The summed E-state index contributed by atoms with van der Waals surface area (Å²) in [7, 11) is 0. The van der Waals surface area contributed by atoms with Gasteiger partial charge >= 0.3 is 0 Å². The van der Waals surface area contributed by atoms with Gasteiger partial charge in [0.1, 0.15) is 0 Å². The van der Waals surface area contributed by atoms with Gasteiger partial charge in [-0.3, -0.25) is 9.59 Å². The number of thioether (sulfide) groups is 1. The van der Waals surface area contributed by atoms with E-state index < -0.39 is 5.91 Å². The molecule has 1 aliphatic heterocycles. The summed E-state index contributed by atoms with van der Waals surface area (Å²) < 4.78 is 0. The number of hydrogen-bond acceptors (Lipinski definition) is 3. The Morgan fingerprint density at radius 3 is 2.90 bits per heavy atom. The fourth-order valence-corrected chi connectivity index (χ4v) is 3.73. The number of rotatable bonds is 5. The fraction of sp³-hybridized carbons (Fsp3) is 0.500. The first-order valence-corrected chi connectivity index (χ1v) is 8.34. The van der Waals surface area contributed by atoms with Crippen LogP contribution in [0.2, 0.25) is 0 Å². The lowest BCUT2D eigenvalue weighted by Crippen LogP contribution is -2.46. The molecule has 1 saturated heterocycles. The Balaban J connectivity index is 1.97. The van der Waals surface area contributed by atoms with Gasteiger partial charge in [-0.25, -0.2) is 0 Å². The number of nitrogens with zero attached hydrogens (tertiary/aromatic N) is 1. The second kappa shape index (κ2) is 6.98. The second-order valence-corrected chi connectivity index (χ2v) is 6.82. The number of nitrogens with two attached hydrogens (primary N) is 1. The molecule has 2 N–H and O–H groups in total. The first kappa shape index (κ1) is 15.9. The summed E-state index contributed by atoms with van der Waals surface area (Å²) in [6.07, 6.45) is 1.99. The monoisotopic (exact) mass is 306 g/mol. The van der Waals surface area contributed by atoms with E-state index >= 15 is 0 Å². The van der Waals surface area contributed by atoms with Crippen LogP contribution in [0.5, 0.6) is 0 Å². The van der Waals surface area contributed by atoms with Crippen LogP contribution in [0.4, 0.5) is 0 Å². The number of carbonyl (C=O) groups excluding carboxylic acids is 2. The molecule has 0 saturated carbocycles. The van der Waals surface area contributed by atoms with Crippen molar-refractivity contribution in [3.05, 3.63) is 35.4 Å². The number of carbonyl (C=O) groups is 2. The minimum atomic E-state index is -0.415. The average Bonchev–Trinajstić information content (AvgIpc) is 2.46. The summed E-state index contributed by atoms with van der Waals surface area (Å²) in [5, 5.41) is 0.0263. The minimum absolute atomic E-state index is 0.0263. The van der Waals surface area contributed by atoms with Crippen molar-refractivity contribution in [2.24, 2.45) is 5.73 Å². The molecule has 1 aromatic rings. The molecular formula is C16H22N2O2S. The van der Waals surface area contributed by atoms with Crippen LogP contribution in [0.1, 0.15) is 42.6 Å². The molecule has 2 amide bonds. The van der Waals surface area contributed by atoms with E-state index in [1.807, 2.05) is 23.1 Å². The summed E-state index contributed by atoms with van der Waals surface area (Å²) in [6.45, 7) is 4.98. The third-order valence-electron chi connectivity index (χ3n) is 3.71. The molecule has 0 radical (unpaired) electrons. The number of likely N-dealkylation sites (tertiary alicyclic amines) is 1. The van der Waals surface area contributed by atoms with E-state index in [9.17, 15) is 9.59 Å². The minimum Gasteiger partial charge on any atom is -0.366 e. The maximum absolute atomic E-state index is 12.4. The molecule has 2 rings (SSSR count). The fourth-order valence-electron chi connectivity index (χ4n) is 2.54. The highest BCUT2D eigenvalue weighted by molar-refractivity contribution is 7.99. The Morgan fingerprint density at radius 1 is 1.48 bits per heavy atom. The lowest BCUT2D eigenvalue weighted by molar-refractivity contribution is -0.134. The molecular weight excluding hydrogens is 284 g/mol. The zero-order valence-corrected chi connectivity index (χ0v) is 13.4. The molecule has 0 bridgehead atoms. The first-order valence-electron chi connectivity index (χ1n) is 7.30. The lowest BCUT2D eigenvalue weighted by Gasteiger charge is -2.34. The van der Waals surface area contributed by atoms with Gasteiger partial charge in [-0.1, -0.05) is 12.1 Å². The van der Waals surface area contributed by atoms with E-state index in [4.69, 9.17) is 5.73 Å². The SMILES string of the molecule is CC(C)N1CCCC(SCc2cccc(C(N)=O)c2)C1=O. The van der Waals surface area contributed by atoms with Crippen LogP contribution >= 0.6 is 11.8 Å². The topological polar surface area (TPSA) is 63.4 Å². The standard InChI is InChI=1S/C16H22N2O2S/c1-11(2)18-8-4-7-14(16(18)20)21-10-12-5-3-6-13(9-12)15(17)19/h3,5-6,9,11,14H,4,7-8,10H2,1-2H3,(H2,17,19). The summed E-state index contributed by atoms with van der Waals surface area (Å²) in [4.78, 5) is 25.5. The van der Waals surface area contributed by atoms with E-state index in [0.717, 1.165) is 30.7 Å². The van der Waals surface area contributed by atoms with Crippen molar-refractivity contribution in [1.82, 2.24) is 4.90 Å². The average molecular weight is 306 g/mol. The molecule has 1 unspecified atom stereocenters. The molecule has 1 aliphatic rings. The Kier molecular flexibility index (Phi) is 5.28. The maximum atomic E-state index is 12.4. The molecule has 1 heterocycles. The van der Waals surface area contributed by atoms with Gasteiger partial charge < -0.3 is 10.6 Å². The van der Waals surface area contributed by atoms with Crippen molar-refractivity contribution in [2.75, 3.05) is 6.54 Å². The highest BCUT2D eigenvalue weighted by Gasteiger charge is 2.30. The van der Waals surface area contributed by atoms with Crippen molar-refractivity contribution in [1.29, 1.82) is 0 Å². The Bertz CT molecular complexity index is 531. The molecule has 5 heteroatoms. The first-order chi connectivity index (χ1) is 9.99. The van der Waals surface area contributed by atoms with Crippen LogP contribution in [-0.2, 0) is 10.5 Å². The number of hydrogen-bond donors (Lipinski definition) is 1. The van der Waals surface area contributed by atoms with Crippen LogP contribution in [0, 0.1) is 0 Å². The largest absolute Gasteiger partial charge is 0.366 e. The van der Waals surface area contributed by atoms with E-state index in [2.05, 4.69) is 13.8 Å². The van der Waals surface area contributed by atoms with Gasteiger partial charge in [-0.2, -0.15) is 0 Å². The summed E-state index contributed by atoms with van der Waals surface area (Å²) >= 11 is 1.66. The molecule has 0 spiro atoms. The molecule has 1 atom stereocenters. The molecule has 114 valence electrons. The van der Waals surface area contributed by atoms with Crippen molar-refractivity contribution in [3.8, 4) is 0 Å². The summed E-state index contributed by atoms with van der Waals surface area (Å²) in [5.41, 5.74) is 6.84. The van der Waals surface area contributed by atoms with Gasteiger partial charge in [-0.05, 0) is 44.4 Å². The van der Waals surface area contributed by atoms with Crippen LogP contribution in [0.3, 0.4) is 0 Å². The van der Waals surface area contributed by atoms with Gasteiger partial charge in [0.05, 0.1) is 5.25 Å². The van der Waals surface area contributed by atoms with E-state index in [0.29, 0.717) is 5.56 Å². The van der Waals surface area contributed by atoms with Gasteiger partial charge in [-0.15, -0.1) is 11.8 Å². The van der Waals surface area contributed by atoms with Crippen molar-refractivity contribution in [3.63, 3.8) is 0 Å². The molecule has 4 nitrogen and oxygen atoms in total. The van der Waals surface area contributed by atoms with E-state index in [1.54, 1.807) is 17.8 Å². The predicted molar refractivity (Wildman–Crippen MR) is 86.1 cm³/mol. The van der Waals surface area contributed by atoms with Gasteiger partial charge in [0, 0.05) is 23.9 Å². The van der Waals surface area contributed by atoms with Gasteiger partial charge in [0.25, 0.3) is 0 Å². The van der Waals surface area contributed by atoms with Crippen LogP contribution in [-0.4, -0.2) is 34.6 Å². The number of benzene rings is 1. The van der Waals surface area contributed by atoms with Gasteiger partial charge in [0.15, 0.2) is 0 Å². The number of amides is 2. The Hall–Kier alpha value is -1.49. The van der Waals surface area contributed by atoms with Gasteiger partial charge in [0.2, 0.25) is 11.8 Å². The zero-order chi connectivity index (χ0) is 15.4. The Morgan fingerprint density at radius 2 is 2.24 bits per heavy atom. The maximum Gasteiger partial charge on any atom is 0.248 e. The Labute approximate surface area is 130 Å². The van der Waals surface area contributed by atoms with E-state index in [-0.39, 0.29) is 17.2 Å². The zero-order valence-electron chi connectivity index (χ0n) is 12.5. The van der Waals surface area contributed by atoms with Crippen LogP contribution < -0.4 is 5.73 Å². The highest BCUT2D eigenvalue weighted by atomic mass is 32.2. The molecule has 0 aromatic heterocycles. The summed E-state index contributed by atoms with van der Waals surface area (Å²) in [6, 6.07) is 7.58. The molecule has 21 heavy (non-hydrogen) atoms. The van der Waals surface area contributed by atoms with Crippen molar-refractivity contribution in [2.45, 2.75) is 43.7 Å². The normalized spacial score (nSPS) is 19.1. The third kappa shape index (κ3) is 4.00. The van der Waals surface area contributed by atoms with Crippen LogP contribution in [0.15, 0.2) is 24.3 Å². The predicted octanol–water partition coefficient (Wildman–Crippen LogP) is 2.42. The smallest absolute Gasteiger partial charge is 0.248 e. The molecule has 1 aromatic carbocycles. The van der Waals surface area contributed by atoms with E-state index in [1.165, 1.54) is 0 Å². The lowest BCUT2D eigenvalue weighted by atomic mass is 10.1. The molecule has 1 fully saturated rings. The van der Waals surface area contributed by atoms with Crippen molar-refractivity contribution < 1.29 is 9.59 Å². The van der Waals surface area contributed by atoms with Crippen molar-refractivity contribution >= 4 is 23.6 Å². The van der Waals surface area contributed by atoms with Crippen LogP contribution in [0.25, 0.3) is 0 Å².